The van der Waals surface area contributed by atoms with Crippen LogP contribution in [0, 0.1) is 5.92 Å². The minimum absolute atomic E-state index is 0.0754. The van der Waals surface area contributed by atoms with Gasteiger partial charge in [0, 0.05) is 19.6 Å². The van der Waals surface area contributed by atoms with Gasteiger partial charge in [-0.1, -0.05) is 32.6 Å². The van der Waals surface area contributed by atoms with Gasteiger partial charge >= 0.3 is 6.09 Å². The van der Waals surface area contributed by atoms with E-state index in [2.05, 4.69) is 25.3 Å². The molecule has 0 spiro atoms. The van der Waals surface area contributed by atoms with Gasteiger partial charge in [-0.15, -0.1) is 0 Å². The lowest BCUT2D eigenvalue weighted by molar-refractivity contribution is -0.00485. The molecule has 136 valence electrons. The first-order valence-corrected chi connectivity index (χ1v) is 8.60. The molecule has 2 N–H and O–H groups in total. The lowest BCUT2D eigenvalue weighted by atomic mass is 9.99. The Labute approximate surface area is 146 Å². The lowest BCUT2D eigenvalue weighted by Crippen LogP contribution is -2.57. The number of carbonyl (C=O) groups excluding carboxylic acids is 1. The predicted molar refractivity (Wildman–Crippen MR) is 99.4 cm³/mol. The molecule has 0 saturated carbocycles. The highest BCUT2D eigenvalue weighted by molar-refractivity contribution is 5.69. The normalized spacial score (nSPS) is 20.4. The van der Waals surface area contributed by atoms with Crippen LogP contribution in [0.3, 0.4) is 0 Å². The second kappa shape index (κ2) is 8.27. The lowest BCUT2D eigenvalue weighted by Gasteiger charge is -2.45. The Morgan fingerprint density at radius 1 is 1.33 bits per heavy atom. The minimum Gasteiger partial charge on any atom is -0.444 e. The van der Waals surface area contributed by atoms with Crippen LogP contribution in [0.1, 0.15) is 41.5 Å². The maximum absolute atomic E-state index is 12.5. The quantitative estimate of drug-likeness (QED) is 0.799. The molecule has 5 heteroatoms. The predicted octanol–water partition coefficient (Wildman–Crippen LogP) is 3.50. The topological polar surface area (TPSA) is 58.8 Å². The van der Waals surface area contributed by atoms with Gasteiger partial charge in [-0.3, -0.25) is 0 Å². The van der Waals surface area contributed by atoms with E-state index in [1.165, 1.54) is 0 Å². The maximum Gasteiger partial charge on any atom is 0.410 e. The fourth-order valence-electron chi connectivity index (χ4n) is 2.79. The Morgan fingerprint density at radius 2 is 1.96 bits per heavy atom. The van der Waals surface area contributed by atoms with E-state index < -0.39 is 5.60 Å². The third-order valence-electron chi connectivity index (χ3n) is 4.04. The Kier molecular flexibility index (Phi) is 6.93. The first-order chi connectivity index (χ1) is 11.1. The Morgan fingerprint density at radius 3 is 2.42 bits per heavy atom. The van der Waals surface area contributed by atoms with Crippen molar-refractivity contribution in [2.75, 3.05) is 19.6 Å². The van der Waals surface area contributed by atoms with Crippen molar-refractivity contribution in [2.45, 2.75) is 53.2 Å². The smallest absolute Gasteiger partial charge is 0.410 e. The minimum atomic E-state index is -0.487. The van der Waals surface area contributed by atoms with E-state index in [9.17, 15) is 4.79 Å². The molecule has 0 aromatic heterocycles. The summed E-state index contributed by atoms with van der Waals surface area (Å²) in [4.78, 5) is 16.6. The molecule has 1 amide bonds. The summed E-state index contributed by atoms with van der Waals surface area (Å²) in [6.45, 7) is 17.7. The fourth-order valence-corrected chi connectivity index (χ4v) is 2.79. The van der Waals surface area contributed by atoms with Gasteiger partial charge in [0.15, 0.2) is 0 Å². The number of nitrogens with two attached hydrogens (primary N) is 1. The average molecular weight is 335 g/mol. The summed E-state index contributed by atoms with van der Waals surface area (Å²) < 4.78 is 5.57. The average Bonchev–Trinajstić information content (AvgIpc) is 2.49. The van der Waals surface area contributed by atoms with Crippen molar-refractivity contribution >= 4 is 6.09 Å². The summed E-state index contributed by atoms with van der Waals surface area (Å²) in [6.07, 6.45) is 5.32. The van der Waals surface area contributed by atoms with E-state index in [1.807, 2.05) is 44.7 Å². The first-order valence-electron chi connectivity index (χ1n) is 8.60. The Balaban J connectivity index is 2.98. The molecule has 1 aliphatic heterocycles. The Bertz CT molecular complexity index is 515. The molecule has 5 nitrogen and oxygen atoms in total. The van der Waals surface area contributed by atoms with Gasteiger partial charge < -0.3 is 20.3 Å². The van der Waals surface area contributed by atoms with Crippen LogP contribution >= 0.6 is 0 Å². The van der Waals surface area contributed by atoms with Gasteiger partial charge in [-0.2, -0.15) is 0 Å². The van der Waals surface area contributed by atoms with Gasteiger partial charge in [-0.25, -0.2) is 4.79 Å². The second-order valence-electron chi connectivity index (χ2n) is 7.46. The molecule has 0 radical (unpaired) electrons. The van der Waals surface area contributed by atoms with E-state index in [-0.39, 0.29) is 12.1 Å². The highest BCUT2D eigenvalue weighted by Gasteiger charge is 2.35. The second-order valence-corrected chi connectivity index (χ2v) is 7.46. The van der Waals surface area contributed by atoms with Crippen molar-refractivity contribution in [3.05, 3.63) is 36.2 Å². The van der Waals surface area contributed by atoms with Crippen molar-refractivity contribution in [1.82, 2.24) is 9.80 Å². The van der Waals surface area contributed by atoms with Crippen LogP contribution in [-0.2, 0) is 4.74 Å². The first kappa shape index (κ1) is 20.1. The summed E-state index contributed by atoms with van der Waals surface area (Å²) in [5.41, 5.74) is 7.33. The van der Waals surface area contributed by atoms with Crippen molar-refractivity contribution in [3.63, 3.8) is 0 Å². The molecule has 1 saturated heterocycles. The third-order valence-corrected chi connectivity index (χ3v) is 4.04. The molecule has 1 atom stereocenters. The fraction of sp³-hybridized carbons (Fsp3) is 0.632. The molecule has 0 bridgehead atoms. The number of carbonyl (C=O) groups is 1. The molecule has 0 aliphatic carbocycles. The number of amides is 1. The van der Waals surface area contributed by atoms with Crippen LogP contribution in [0.25, 0.3) is 0 Å². The van der Waals surface area contributed by atoms with Crippen LogP contribution in [0.4, 0.5) is 4.79 Å². The standard InChI is InChI=1S/C19H33N3O2/c1-8-10-16(15(20)9-2)21-11-12-22(17(13-21)14(3)4)18(23)24-19(5,6)7/h8-10,14,17H,1,11-13,20H2,2-7H3/b15-9+,16-10+/t17-/m1/s1. The summed E-state index contributed by atoms with van der Waals surface area (Å²) in [5.74, 6) is 0.317. The van der Waals surface area contributed by atoms with Crippen LogP contribution in [-0.4, -0.2) is 47.2 Å². The summed E-state index contributed by atoms with van der Waals surface area (Å²) in [6, 6.07) is 0.0754. The highest BCUT2D eigenvalue weighted by atomic mass is 16.6. The van der Waals surface area contributed by atoms with Gasteiger partial charge in [0.05, 0.1) is 17.4 Å². The zero-order valence-electron chi connectivity index (χ0n) is 16.0. The van der Waals surface area contributed by atoms with Crippen molar-refractivity contribution in [2.24, 2.45) is 11.7 Å². The van der Waals surface area contributed by atoms with E-state index in [4.69, 9.17) is 10.5 Å². The zero-order valence-corrected chi connectivity index (χ0v) is 16.0. The molecule has 1 heterocycles. The summed E-state index contributed by atoms with van der Waals surface area (Å²) >= 11 is 0. The number of nitrogens with zero attached hydrogens (tertiary/aromatic N) is 2. The molecule has 1 fully saturated rings. The number of ether oxygens (including phenoxy) is 1. The maximum atomic E-state index is 12.5. The molecule has 0 aromatic carbocycles. The van der Waals surface area contributed by atoms with Gasteiger partial charge in [0.1, 0.15) is 5.60 Å². The van der Waals surface area contributed by atoms with Crippen LogP contribution in [0.2, 0.25) is 0 Å². The molecule has 24 heavy (non-hydrogen) atoms. The highest BCUT2D eigenvalue weighted by Crippen LogP contribution is 2.24. The van der Waals surface area contributed by atoms with Crippen molar-refractivity contribution in [3.8, 4) is 0 Å². The van der Waals surface area contributed by atoms with Gasteiger partial charge in [0.25, 0.3) is 0 Å². The van der Waals surface area contributed by atoms with Gasteiger partial charge in [0.2, 0.25) is 0 Å². The van der Waals surface area contributed by atoms with E-state index in [0.29, 0.717) is 12.5 Å². The SMILES string of the molecule is C=C/C=C(\C(N)=C/C)N1CCN(C(=O)OC(C)(C)C)[C@@H](C(C)C)C1. The third kappa shape index (κ3) is 5.32. The molecular weight excluding hydrogens is 302 g/mol. The van der Waals surface area contributed by atoms with Crippen molar-refractivity contribution < 1.29 is 9.53 Å². The largest absolute Gasteiger partial charge is 0.444 e. The summed E-state index contributed by atoms with van der Waals surface area (Å²) in [5, 5.41) is 0. The van der Waals surface area contributed by atoms with E-state index in [1.54, 1.807) is 6.08 Å². The Hall–Kier alpha value is -1.91. The molecular formula is C19H33N3O2. The van der Waals surface area contributed by atoms with Crippen molar-refractivity contribution in [1.29, 1.82) is 0 Å². The van der Waals surface area contributed by atoms with Crippen LogP contribution in [0.15, 0.2) is 36.2 Å². The molecule has 1 rings (SSSR count). The van der Waals surface area contributed by atoms with E-state index >= 15 is 0 Å². The monoisotopic (exact) mass is 335 g/mol. The van der Waals surface area contributed by atoms with Crippen LogP contribution in [0.5, 0.6) is 0 Å². The number of rotatable bonds is 4. The zero-order chi connectivity index (χ0) is 18.5. The molecule has 0 unspecified atom stereocenters. The van der Waals surface area contributed by atoms with Gasteiger partial charge in [-0.05, 0) is 39.7 Å². The molecule has 1 aliphatic rings. The molecule has 0 aromatic rings. The number of piperazine rings is 1. The van der Waals surface area contributed by atoms with E-state index in [0.717, 1.165) is 24.5 Å². The summed E-state index contributed by atoms with van der Waals surface area (Å²) in [7, 11) is 0. The number of allylic oxidation sites excluding steroid dienone is 3. The number of hydrogen-bond acceptors (Lipinski definition) is 4. The number of hydrogen-bond donors (Lipinski definition) is 1. The van der Waals surface area contributed by atoms with Crippen LogP contribution < -0.4 is 5.73 Å².